The van der Waals surface area contributed by atoms with E-state index in [0.29, 0.717) is 25.2 Å². The van der Waals surface area contributed by atoms with Gasteiger partial charge in [0.05, 0.1) is 26.4 Å². The van der Waals surface area contributed by atoms with Crippen LogP contribution in [0.2, 0.25) is 0 Å². The molecule has 0 aliphatic carbocycles. The summed E-state index contributed by atoms with van der Waals surface area (Å²) in [6, 6.07) is 7.60. The van der Waals surface area contributed by atoms with Crippen LogP contribution in [-0.2, 0) is 22.6 Å². The highest BCUT2D eigenvalue weighted by Gasteiger charge is 2.19. The van der Waals surface area contributed by atoms with E-state index in [2.05, 4.69) is 56.1 Å². The first-order valence-electron chi connectivity index (χ1n) is 10.4. The zero-order valence-corrected chi connectivity index (χ0v) is 17.2. The number of nitrogens with zero attached hydrogens (tertiary/aromatic N) is 1. The first kappa shape index (κ1) is 21.4. The number of hydrogen-bond donors (Lipinski definition) is 1. The van der Waals surface area contributed by atoms with Gasteiger partial charge >= 0.3 is 0 Å². The molecule has 0 saturated heterocycles. The van der Waals surface area contributed by atoms with Crippen molar-refractivity contribution in [1.29, 1.82) is 0 Å². The molecule has 0 aromatic heterocycles. The predicted molar refractivity (Wildman–Crippen MR) is 109 cm³/mol. The zero-order chi connectivity index (χ0) is 18.8. The quantitative estimate of drug-likeness (QED) is 0.539. The van der Waals surface area contributed by atoms with E-state index in [1.165, 1.54) is 23.1 Å². The van der Waals surface area contributed by atoms with Crippen molar-refractivity contribution in [1.82, 2.24) is 10.2 Å². The molecule has 2 rings (SSSR count). The Bertz CT molecular complexity index is 521. The van der Waals surface area contributed by atoms with Gasteiger partial charge in [0.15, 0.2) is 0 Å². The second-order valence-electron chi connectivity index (χ2n) is 7.54. The standard InChI is InChI=1S/C22H38N2O2/c1-5-18(3)20-7-8-21-16-24(17-22(21)15-20)10-12-26-14-13-25-11-9-23-19(4)6-2/h7-8,15,18-19,23H,5-6,9-14,16-17H2,1-4H3. The van der Waals surface area contributed by atoms with Crippen molar-refractivity contribution in [3.8, 4) is 0 Å². The van der Waals surface area contributed by atoms with Crippen LogP contribution >= 0.6 is 0 Å². The lowest BCUT2D eigenvalue weighted by atomic mass is 9.95. The molecule has 0 bridgehead atoms. The molecule has 1 aromatic rings. The molecule has 0 fully saturated rings. The maximum atomic E-state index is 5.74. The van der Waals surface area contributed by atoms with Gasteiger partial charge in [-0.15, -0.1) is 0 Å². The molecule has 0 radical (unpaired) electrons. The molecule has 26 heavy (non-hydrogen) atoms. The predicted octanol–water partition coefficient (Wildman–Crippen LogP) is 3.94. The van der Waals surface area contributed by atoms with E-state index in [-0.39, 0.29) is 0 Å². The fraction of sp³-hybridized carbons (Fsp3) is 0.727. The van der Waals surface area contributed by atoms with Crippen molar-refractivity contribution in [2.24, 2.45) is 0 Å². The van der Waals surface area contributed by atoms with Gasteiger partial charge in [0, 0.05) is 32.2 Å². The summed E-state index contributed by atoms with van der Waals surface area (Å²) < 4.78 is 11.3. The molecule has 4 nitrogen and oxygen atoms in total. The summed E-state index contributed by atoms with van der Waals surface area (Å²) in [5.74, 6) is 0.651. The molecule has 2 atom stereocenters. The van der Waals surface area contributed by atoms with Gasteiger partial charge < -0.3 is 14.8 Å². The summed E-state index contributed by atoms with van der Waals surface area (Å²) in [6.07, 6.45) is 2.36. The minimum atomic E-state index is 0.570. The lowest BCUT2D eigenvalue weighted by molar-refractivity contribution is 0.0387. The Morgan fingerprint density at radius 3 is 2.42 bits per heavy atom. The van der Waals surface area contributed by atoms with Gasteiger partial charge in [-0.1, -0.05) is 39.0 Å². The molecule has 0 amide bonds. The first-order chi connectivity index (χ1) is 12.6. The third-order valence-electron chi connectivity index (χ3n) is 5.48. The molecule has 0 spiro atoms. The minimum Gasteiger partial charge on any atom is -0.378 e. The summed E-state index contributed by atoms with van der Waals surface area (Å²) in [4.78, 5) is 2.47. The van der Waals surface area contributed by atoms with Crippen LogP contribution in [0.15, 0.2) is 18.2 Å². The molecule has 1 N–H and O–H groups in total. The van der Waals surface area contributed by atoms with Crippen molar-refractivity contribution in [2.75, 3.05) is 39.5 Å². The Balaban J connectivity index is 1.53. The third kappa shape index (κ3) is 6.99. The summed E-state index contributed by atoms with van der Waals surface area (Å²) in [6.45, 7) is 15.9. The van der Waals surface area contributed by atoms with Gasteiger partial charge in [-0.25, -0.2) is 0 Å². The Kier molecular flexibility index (Phi) is 9.62. The van der Waals surface area contributed by atoms with Gasteiger partial charge in [0.1, 0.15) is 0 Å². The summed E-state index contributed by atoms with van der Waals surface area (Å²) in [7, 11) is 0. The summed E-state index contributed by atoms with van der Waals surface area (Å²) in [5, 5.41) is 3.42. The van der Waals surface area contributed by atoms with E-state index in [9.17, 15) is 0 Å². The highest BCUT2D eigenvalue weighted by molar-refractivity contribution is 5.36. The van der Waals surface area contributed by atoms with Crippen molar-refractivity contribution in [3.63, 3.8) is 0 Å². The van der Waals surface area contributed by atoms with E-state index < -0.39 is 0 Å². The fourth-order valence-electron chi connectivity index (χ4n) is 3.22. The maximum absolute atomic E-state index is 5.74. The van der Waals surface area contributed by atoms with Crippen molar-refractivity contribution < 1.29 is 9.47 Å². The number of benzene rings is 1. The summed E-state index contributed by atoms with van der Waals surface area (Å²) >= 11 is 0. The van der Waals surface area contributed by atoms with Crippen LogP contribution in [0.5, 0.6) is 0 Å². The molecule has 2 unspecified atom stereocenters. The first-order valence-corrected chi connectivity index (χ1v) is 10.4. The molecule has 4 heteroatoms. The van der Waals surface area contributed by atoms with Crippen LogP contribution in [0.3, 0.4) is 0 Å². The average Bonchev–Trinajstić information content (AvgIpc) is 3.07. The number of rotatable bonds is 13. The Labute approximate surface area is 160 Å². The van der Waals surface area contributed by atoms with Crippen LogP contribution in [0, 0.1) is 0 Å². The molecule has 1 aromatic carbocycles. The minimum absolute atomic E-state index is 0.570. The maximum Gasteiger partial charge on any atom is 0.0701 e. The normalized spacial score (nSPS) is 16.6. The van der Waals surface area contributed by atoms with Crippen molar-refractivity contribution in [3.05, 3.63) is 34.9 Å². The average molecular weight is 363 g/mol. The second kappa shape index (κ2) is 11.7. The SMILES string of the molecule is CCC(C)NCCOCCOCCN1Cc2ccc(C(C)CC)cc2C1. The van der Waals surface area contributed by atoms with E-state index in [1.54, 1.807) is 0 Å². The van der Waals surface area contributed by atoms with Crippen LogP contribution < -0.4 is 5.32 Å². The molecule has 148 valence electrons. The third-order valence-corrected chi connectivity index (χ3v) is 5.48. The van der Waals surface area contributed by atoms with Gasteiger partial charge in [-0.3, -0.25) is 4.90 Å². The molecular weight excluding hydrogens is 324 g/mol. The molecule has 0 saturated carbocycles. The van der Waals surface area contributed by atoms with E-state index in [0.717, 1.165) is 45.8 Å². The van der Waals surface area contributed by atoms with Gasteiger partial charge in [-0.2, -0.15) is 0 Å². The van der Waals surface area contributed by atoms with Gasteiger partial charge in [0.2, 0.25) is 0 Å². The highest BCUT2D eigenvalue weighted by atomic mass is 16.5. The Hall–Kier alpha value is -0.940. The van der Waals surface area contributed by atoms with Crippen LogP contribution in [0.25, 0.3) is 0 Å². The lowest BCUT2D eigenvalue weighted by Gasteiger charge is -2.15. The number of ether oxygens (including phenoxy) is 2. The molecule has 1 heterocycles. The van der Waals surface area contributed by atoms with Crippen LogP contribution in [0.1, 0.15) is 63.1 Å². The van der Waals surface area contributed by atoms with E-state index >= 15 is 0 Å². The number of nitrogens with one attached hydrogen (secondary N) is 1. The lowest BCUT2D eigenvalue weighted by Crippen LogP contribution is -2.29. The topological polar surface area (TPSA) is 33.7 Å². The monoisotopic (exact) mass is 362 g/mol. The van der Waals surface area contributed by atoms with Gasteiger partial charge in [0.25, 0.3) is 0 Å². The number of fused-ring (bicyclic) bond motifs is 1. The van der Waals surface area contributed by atoms with Gasteiger partial charge in [-0.05, 0) is 42.4 Å². The molecule has 1 aliphatic heterocycles. The smallest absolute Gasteiger partial charge is 0.0701 e. The van der Waals surface area contributed by atoms with Crippen LogP contribution in [0.4, 0.5) is 0 Å². The Morgan fingerprint density at radius 2 is 1.69 bits per heavy atom. The largest absolute Gasteiger partial charge is 0.378 e. The summed E-state index contributed by atoms with van der Waals surface area (Å²) in [5.41, 5.74) is 4.46. The highest BCUT2D eigenvalue weighted by Crippen LogP contribution is 2.27. The second-order valence-corrected chi connectivity index (χ2v) is 7.54. The number of hydrogen-bond acceptors (Lipinski definition) is 4. The Morgan fingerprint density at radius 1 is 0.962 bits per heavy atom. The van der Waals surface area contributed by atoms with Crippen molar-refractivity contribution in [2.45, 2.75) is 65.6 Å². The van der Waals surface area contributed by atoms with E-state index in [4.69, 9.17) is 9.47 Å². The van der Waals surface area contributed by atoms with E-state index in [1.807, 2.05) is 0 Å². The van der Waals surface area contributed by atoms with Crippen molar-refractivity contribution >= 4 is 0 Å². The molecular formula is C22H38N2O2. The molecule has 1 aliphatic rings. The zero-order valence-electron chi connectivity index (χ0n) is 17.2. The fourth-order valence-corrected chi connectivity index (χ4v) is 3.22. The van der Waals surface area contributed by atoms with Crippen LogP contribution in [-0.4, -0.2) is 50.5 Å².